The Morgan fingerprint density at radius 1 is 1.09 bits per heavy atom. The quantitative estimate of drug-likeness (QED) is 0.788. The zero-order chi connectivity index (χ0) is 16.4. The van der Waals surface area contributed by atoms with E-state index in [2.05, 4.69) is 14.9 Å². The van der Waals surface area contributed by atoms with Crippen LogP contribution in [0.2, 0.25) is 0 Å². The van der Waals surface area contributed by atoms with E-state index in [0.29, 0.717) is 11.3 Å². The van der Waals surface area contributed by atoms with E-state index in [9.17, 15) is 13.6 Å². The van der Waals surface area contributed by atoms with Gasteiger partial charge in [0.15, 0.2) is 0 Å². The summed E-state index contributed by atoms with van der Waals surface area (Å²) in [7, 11) is 0. The monoisotopic (exact) mass is 331 g/mol. The third-order valence-corrected chi connectivity index (χ3v) is 3.95. The van der Waals surface area contributed by atoms with E-state index in [4.69, 9.17) is 0 Å². The highest BCUT2D eigenvalue weighted by atomic mass is 32.1. The molecule has 0 spiro atoms. The Balaban J connectivity index is 1.92. The van der Waals surface area contributed by atoms with Crippen molar-refractivity contribution in [1.29, 1.82) is 0 Å². The van der Waals surface area contributed by atoms with Crippen molar-refractivity contribution in [3.63, 3.8) is 0 Å². The van der Waals surface area contributed by atoms with Gasteiger partial charge in [-0.3, -0.25) is 4.79 Å². The highest BCUT2D eigenvalue weighted by Gasteiger charge is 2.20. The zero-order valence-corrected chi connectivity index (χ0v) is 12.8. The summed E-state index contributed by atoms with van der Waals surface area (Å²) >= 11 is 0.870. The minimum atomic E-state index is -0.840. The Bertz CT molecular complexity index is 842. The van der Waals surface area contributed by atoms with Crippen LogP contribution in [-0.4, -0.2) is 15.5 Å². The number of carbonyl (C=O) groups is 1. The van der Waals surface area contributed by atoms with Crippen molar-refractivity contribution in [3.8, 4) is 11.3 Å². The van der Waals surface area contributed by atoms with Crippen molar-refractivity contribution in [3.05, 3.63) is 64.5 Å². The fourth-order valence-electron chi connectivity index (χ4n) is 2.03. The maximum absolute atomic E-state index is 13.6. The van der Waals surface area contributed by atoms with Gasteiger partial charge in [0.2, 0.25) is 0 Å². The molecule has 0 unspecified atom stereocenters. The van der Waals surface area contributed by atoms with E-state index in [1.54, 1.807) is 0 Å². The fraction of sp³-hybridized carbons (Fsp3) is 0.0625. The molecule has 0 atom stereocenters. The van der Waals surface area contributed by atoms with Gasteiger partial charge < -0.3 is 5.32 Å². The predicted molar refractivity (Wildman–Crippen MR) is 84.4 cm³/mol. The van der Waals surface area contributed by atoms with Crippen molar-refractivity contribution in [1.82, 2.24) is 9.59 Å². The number of halogens is 2. The molecule has 1 N–H and O–H groups in total. The molecule has 116 valence electrons. The number of nitrogens with one attached hydrogen (secondary N) is 1. The molecule has 1 heterocycles. The third kappa shape index (κ3) is 3.09. The summed E-state index contributed by atoms with van der Waals surface area (Å²) in [6, 6.07) is 10.8. The van der Waals surface area contributed by atoms with Crippen LogP contribution < -0.4 is 5.32 Å². The van der Waals surface area contributed by atoms with E-state index in [1.165, 1.54) is 6.07 Å². The topological polar surface area (TPSA) is 54.9 Å². The molecule has 4 nitrogen and oxygen atoms in total. The largest absolute Gasteiger partial charge is 0.316 e. The van der Waals surface area contributed by atoms with Crippen LogP contribution in [0, 0.1) is 18.6 Å². The molecule has 3 rings (SSSR count). The molecule has 23 heavy (non-hydrogen) atoms. The second kappa shape index (κ2) is 6.21. The number of para-hydroxylation sites is 1. The number of carbonyl (C=O) groups excluding carboxylic acids is 1. The predicted octanol–water partition coefficient (Wildman–Crippen LogP) is 4.04. The van der Waals surface area contributed by atoms with Crippen LogP contribution in [-0.2, 0) is 0 Å². The minimum Gasteiger partial charge on any atom is -0.316 e. The lowest BCUT2D eigenvalue weighted by atomic mass is 10.1. The highest BCUT2D eigenvalue weighted by Crippen LogP contribution is 2.26. The Hall–Kier alpha value is -2.67. The first-order chi connectivity index (χ1) is 11.1. The SMILES string of the molecule is Cc1ccc(-c2nnsc2C(=O)Nc2c(F)cccc2F)cc1. The van der Waals surface area contributed by atoms with Gasteiger partial charge in [-0.2, -0.15) is 0 Å². The number of hydrogen-bond acceptors (Lipinski definition) is 4. The van der Waals surface area contributed by atoms with E-state index < -0.39 is 23.2 Å². The van der Waals surface area contributed by atoms with Crippen LogP contribution in [0.1, 0.15) is 15.2 Å². The van der Waals surface area contributed by atoms with Crippen LogP contribution in [0.5, 0.6) is 0 Å². The van der Waals surface area contributed by atoms with Crippen molar-refractivity contribution in [2.45, 2.75) is 6.92 Å². The molecule has 0 saturated carbocycles. The van der Waals surface area contributed by atoms with Gasteiger partial charge in [-0.25, -0.2) is 8.78 Å². The number of anilines is 1. The van der Waals surface area contributed by atoms with Gasteiger partial charge in [-0.1, -0.05) is 40.4 Å². The lowest BCUT2D eigenvalue weighted by Crippen LogP contribution is -2.14. The van der Waals surface area contributed by atoms with Gasteiger partial charge in [0.25, 0.3) is 5.91 Å². The molecular weight excluding hydrogens is 320 g/mol. The van der Waals surface area contributed by atoms with E-state index in [-0.39, 0.29) is 4.88 Å². The Kier molecular flexibility index (Phi) is 4.12. The Morgan fingerprint density at radius 3 is 2.39 bits per heavy atom. The first kappa shape index (κ1) is 15.2. The number of aryl methyl sites for hydroxylation is 1. The summed E-state index contributed by atoms with van der Waals surface area (Å²) in [6.45, 7) is 1.94. The molecule has 0 fully saturated rings. The van der Waals surface area contributed by atoms with E-state index in [0.717, 1.165) is 29.2 Å². The molecule has 0 aliphatic heterocycles. The van der Waals surface area contributed by atoms with E-state index in [1.807, 2.05) is 31.2 Å². The average Bonchev–Trinajstić information content (AvgIpc) is 3.01. The smallest absolute Gasteiger partial charge is 0.269 e. The lowest BCUT2D eigenvalue weighted by molar-refractivity contribution is 0.103. The first-order valence-electron chi connectivity index (χ1n) is 6.71. The van der Waals surface area contributed by atoms with E-state index >= 15 is 0 Å². The number of aromatic nitrogens is 2. The maximum Gasteiger partial charge on any atom is 0.269 e. The molecule has 3 aromatic rings. The Morgan fingerprint density at radius 2 is 1.74 bits per heavy atom. The summed E-state index contributed by atoms with van der Waals surface area (Å²) in [4.78, 5) is 12.5. The van der Waals surface area contributed by atoms with Gasteiger partial charge in [0.1, 0.15) is 27.9 Å². The summed E-state index contributed by atoms with van der Waals surface area (Å²) in [5.74, 6) is -2.33. The summed E-state index contributed by atoms with van der Waals surface area (Å²) in [5, 5.41) is 6.19. The minimum absolute atomic E-state index is 0.191. The number of hydrogen-bond donors (Lipinski definition) is 1. The van der Waals surface area contributed by atoms with Crippen molar-refractivity contribution in [2.75, 3.05) is 5.32 Å². The maximum atomic E-state index is 13.6. The normalized spacial score (nSPS) is 10.6. The van der Waals surface area contributed by atoms with Crippen molar-refractivity contribution in [2.24, 2.45) is 0 Å². The molecular formula is C16H11F2N3OS. The van der Waals surface area contributed by atoms with Crippen LogP contribution in [0.25, 0.3) is 11.3 Å². The molecule has 1 aromatic heterocycles. The van der Waals surface area contributed by atoms with Crippen molar-refractivity contribution >= 4 is 23.1 Å². The standard InChI is InChI=1S/C16H11F2N3OS/c1-9-5-7-10(8-6-9)13-15(23-21-20-13)16(22)19-14-11(17)3-2-4-12(14)18/h2-8H,1H3,(H,19,22). The van der Waals surface area contributed by atoms with Gasteiger partial charge in [0, 0.05) is 5.56 Å². The number of nitrogens with zero attached hydrogens (tertiary/aromatic N) is 2. The van der Waals surface area contributed by atoms with Crippen LogP contribution in [0.15, 0.2) is 42.5 Å². The highest BCUT2D eigenvalue weighted by molar-refractivity contribution is 7.08. The number of amides is 1. The van der Waals surface area contributed by atoms with Gasteiger partial charge in [-0.05, 0) is 30.6 Å². The number of rotatable bonds is 3. The summed E-state index contributed by atoms with van der Waals surface area (Å²) < 4.78 is 31.0. The molecule has 2 aromatic carbocycles. The molecule has 7 heteroatoms. The molecule has 0 bridgehead atoms. The van der Waals surface area contributed by atoms with Gasteiger partial charge >= 0.3 is 0 Å². The second-order valence-corrected chi connectivity index (χ2v) is 5.62. The molecule has 0 saturated heterocycles. The number of benzene rings is 2. The summed E-state index contributed by atoms with van der Waals surface area (Å²) in [6.07, 6.45) is 0. The molecule has 0 aliphatic rings. The fourth-order valence-corrected chi connectivity index (χ4v) is 2.61. The van der Waals surface area contributed by atoms with Crippen molar-refractivity contribution < 1.29 is 13.6 Å². The van der Waals surface area contributed by atoms with Crippen LogP contribution >= 0.6 is 11.5 Å². The van der Waals surface area contributed by atoms with Gasteiger partial charge in [0.05, 0.1) is 0 Å². The van der Waals surface area contributed by atoms with Crippen LogP contribution in [0.3, 0.4) is 0 Å². The Labute approximate surface area is 135 Å². The average molecular weight is 331 g/mol. The second-order valence-electron chi connectivity index (χ2n) is 4.87. The van der Waals surface area contributed by atoms with Crippen LogP contribution in [0.4, 0.5) is 14.5 Å². The third-order valence-electron chi connectivity index (χ3n) is 3.22. The van der Waals surface area contributed by atoms with Gasteiger partial charge in [-0.15, -0.1) is 5.10 Å². The molecule has 0 aliphatic carbocycles. The first-order valence-corrected chi connectivity index (χ1v) is 7.48. The lowest BCUT2D eigenvalue weighted by Gasteiger charge is -2.07. The molecule has 1 amide bonds. The summed E-state index contributed by atoms with van der Waals surface area (Å²) in [5.41, 5.74) is 1.67. The zero-order valence-electron chi connectivity index (χ0n) is 12.0. The molecule has 0 radical (unpaired) electrons.